The Hall–Kier alpha value is -2.73. The Morgan fingerprint density at radius 1 is 1.12 bits per heavy atom. The van der Waals surface area contributed by atoms with Gasteiger partial charge >= 0.3 is 5.97 Å². The molecule has 1 atom stereocenters. The summed E-state index contributed by atoms with van der Waals surface area (Å²) in [7, 11) is 1.48. The number of methoxy groups -OCH3 is 1. The SMILES string of the molecule is COc1c(C(O)CC(C)C)ccc2c1C(=O)OCc1cc(C)cc(OCCC(C)C)c1O2. The van der Waals surface area contributed by atoms with Gasteiger partial charge in [0.25, 0.3) is 0 Å². The molecule has 1 heterocycles. The number of aryl methyl sites for hydroxylation is 1. The van der Waals surface area contributed by atoms with E-state index in [1.54, 1.807) is 12.1 Å². The van der Waals surface area contributed by atoms with Crippen LogP contribution in [0.4, 0.5) is 0 Å². The molecule has 0 spiro atoms. The highest BCUT2D eigenvalue weighted by Gasteiger charge is 2.30. The fourth-order valence-electron chi connectivity index (χ4n) is 3.79. The zero-order valence-corrected chi connectivity index (χ0v) is 19.9. The van der Waals surface area contributed by atoms with Crippen molar-refractivity contribution in [3.05, 3.63) is 46.5 Å². The van der Waals surface area contributed by atoms with Crippen LogP contribution in [0, 0.1) is 18.8 Å². The minimum atomic E-state index is -0.765. The van der Waals surface area contributed by atoms with Crippen LogP contribution in [0.5, 0.6) is 23.0 Å². The van der Waals surface area contributed by atoms with E-state index >= 15 is 0 Å². The fourth-order valence-corrected chi connectivity index (χ4v) is 3.79. The molecule has 0 amide bonds. The van der Waals surface area contributed by atoms with E-state index < -0.39 is 12.1 Å². The van der Waals surface area contributed by atoms with Gasteiger partial charge in [0.05, 0.1) is 19.8 Å². The number of carbonyl (C=O) groups is 1. The molecule has 0 fully saturated rings. The predicted octanol–water partition coefficient (Wildman–Crippen LogP) is 5.97. The predicted molar refractivity (Wildman–Crippen MR) is 123 cm³/mol. The maximum Gasteiger partial charge on any atom is 0.346 e. The van der Waals surface area contributed by atoms with Gasteiger partial charge in [-0.25, -0.2) is 4.79 Å². The molecule has 2 aromatic carbocycles. The van der Waals surface area contributed by atoms with Crippen molar-refractivity contribution in [3.8, 4) is 23.0 Å². The largest absolute Gasteiger partial charge is 0.495 e. The molecule has 0 saturated carbocycles. The molecule has 1 N–H and O–H groups in total. The molecular weight excluding hydrogens is 408 g/mol. The van der Waals surface area contributed by atoms with Gasteiger partial charge in [0.1, 0.15) is 23.7 Å². The Morgan fingerprint density at radius 2 is 1.88 bits per heavy atom. The Kier molecular flexibility index (Phi) is 7.67. The number of carbonyl (C=O) groups excluding carboxylic acids is 1. The second-order valence-electron chi connectivity index (χ2n) is 9.17. The van der Waals surface area contributed by atoms with Gasteiger partial charge in [0, 0.05) is 11.1 Å². The Balaban J connectivity index is 2.05. The van der Waals surface area contributed by atoms with Crippen LogP contribution in [0.25, 0.3) is 0 Å². The van der Waals surface area contributed by atoms with E-state index in [1.165, 1.54) is 7.11 Å². The molecular formula is C26H34O6. The molecule has 2 aromatic rings. The van der Waals surface area contributed by atoms with Gasteiger partial charge in [0.15, 0.2) is 11.5 Å². The van der Waals surface area contributed by atoms with Gasteiger partial charge in [-0.3, -0.25) is 0 Å². The maximum absolute atomic E-state index is 13.0. The molecule has 0 aliphatic carbocycles. The molecule has 6 heteroatoms. The second kappa shape index (κ2) is 10.3. The first-order valence-electron chi connectivity index (χ1n) is 11.2. The molecule has 0 saturated heterocycles. The van der Waals surface area contributed by atoms with Crippen LogP contribution < -0.4 is 14.2 Å². The zero-order chi connectivity index (χ0) is 23.4. The Morgan fingerprint density at radius 3 is 2.53 bits per heavy atom. The number of hydrogen-bond donors (Lipinski definition) is 1. The van der Waals surface area contributed by atoms with Crippen molar-refractivity contribution in [2.45, 2.75) is 60.2 Å². The van der Waals surface area contributed by atoms with Crippen molar-refractivity contribution < 1.29 is 28.8 Å². The first-order chi connectivity index (χ1) is 15.2. The van der Waals surface area contributed by atoms with E-state index in [1.807, 2.05) is 32.9 Å². The van der Waals surface area contributed by atoms with E-state index in [0.29, 0.717) is 41.8 Å². The maximum atomic E-state index is 13.0. The summed E-state index contributed by atoms with van der Waals surface area (Å²) in [6.07, 6.45) is 0.693. The standard InChI is InChI=1S/C26H34O6/c1-15(2)9-10-30-22-13-17(5)12-18-14-31-26(28)23-21(32-24(18)22)8-7-19(25(23)29-6)20(27)11-16(3)4/h7-8,12-13,15-16,20,27H,9-11,14H2,1-6H3. The first kappa shape index (κ1) is 23.9. The number of fused-ring (bicyclic) bond motifs is 2. The Bertz CT molecular complexity index is 963. The second-order valence-corrected chi connectivity index (χ2v) is 9.17. The molecule has 1 aliphatic rings. The lowest BCUT2D eigenvalue weighted by molar-refractivity contribution is 0.0453. The highest BCUT2D eigenvalue weighted by molar-refractivity contribution is 5.96. The zero-order valence-electron chi connectivity index (χ0n) is 19.9. The molecule has 1 aliphatic heterocycles. The fraction of sp³-hybridized carbons (Fsp3) is 0.500. The van der Waals surface area contributed by atoms with Crippen molar-refractivity contribution >= 4 is 5.97 Å². The monoisotopic (exact) mass is 442 g/mol. The average Bonchev–Trinajstić information content (AvgIpc) is 2.71. The summed E-state index contributed by atoms with van der Waals surface area (Å²) >= 11 is 0. The van der Waals surface area contributed by atoms with Crippen molar-refractivity contribution in [1.82, 2.24) is 0 Å². The third-order valence-electron chi connectivity index (χ3n) is 5.41. The van der Waals surface area contributed by atoms with Gasteiger partial charge in [-0.15, -0.1) is 0 Å². The highest BCUT2D eigenvalue weighted by atomic mass is 16.6. The number of cyclic esters (lactones) is 1. The third-order valence-corrected chi connectivity index (χ3v) is 5.41. The van der Waals surface area contributed by atoms with Gasteiger partial charge in [-0.05, 0) is 61.4 Å². The van der Waals surface area contributed by atoms with E-state index in [9.17, 15) is 9.90 Å². The highest BCUT2D eigenvalue weighted by Crippen LogP contribution is 2.44. The van der Waals surface area contributed by atoms with Gasteiger partial charge in [0.2, 0.25) is 0 Å². The lowest BCUT2D eigenvalue weighted by atomic mass is 9.96. The van der Waals surface area contributed by atoms with Crippen LogP contribution in [0.3, 0.4) is 0 Å². The van der Waals surface area contributed by atoms with E-state index in [0.717, 1.165) is 17.5 Å². The normalized spacial score (nSPS) is 14.1. The lowest BCUT2D eigenvalue weighted by Gasteiger charge is -2.24. The number of aliphatic hydroxyl groups excluding tert-OH is 1. The lowest BCUT2D eigenvalue weighted by Crippen LogP contribution is -2.15. The van der Waals surface area contributed by atoms with Gasteiger partial charge in [-0.1, -0.05) is 27.7 Å². The van der Waals surface area contributed by atoms with Crippen LogP contribution in [-0.2, 0) is 11.3 Å². The minimum absolute atomic E-state index is 0.0533. The summed E-state index contributed by atoms with van der Waals surface area (Å²) in [5.41, 5.74) is 2.45. The summed E-state index contributed by atoms with van der Waals surface area (Å²) in [4.78, 5) is 13.0. The van der Waals surface area contributed by atoms with Crippen LogP contribution in [0.1, 0.15) is 73.7 Å². The average molecular weight is 443 g/mol. The summed E-state index contributed by atoms with van der Waals surface area (Å²) in [6, 6.07) is 7.29. The van der Waals surface area contributed by atoms with Crippen molar-refractivity contribution in [2.75, 3.05) is 13.7 Å². The number of esters is 1. The van der Waals surface area contributed by atoms with Crippen LogP contribution in [0.15, 0.2) is 24.3 Å². The number of aliphatic hydroxyl groups is 1. The van der Waals surface area contributed by atoms with Gasteiger partial charge in [-0.2, -0.15) is 0 Å². The van der Waals surface area contributed by atoms with E-state index in [2.05, 4.69) is 13.8 Å². The summed E-state index contributed by atoms with van der Waals surface area (Å²) in [6.45, 7) is 10.9. The number of hydrogen-bond acceptors (Lipinski definition) is 6. The molecule has 0 bridgehead atoms. The van der Waals surface area contributed by atoms with Crippen molar-refractivity contribution in [3.63, 3.8) is 0 Å². The number of rotatable bonds is 8. The van der Waals surface area contributed by atoms with E-state index in [-0.39, 0.29) is 23.8 Å². The minimum Gasteiger partial charge on any atom is -0.495 e. The molecule has 174 valence electrons. The smallest absolute Gasteiger partial charge is 0.346 e. The first-order valence-corrected chi connectivity index (χ1v) is 11.2. The van der Waals surface area contributed by atoms with Crippen LogP contribution in [0.2, 0.25) is 0 Å². The quantitative estimate of drug-likeness (QED) is 0.508. The molecule has 1 unspecified atom stereocenters. The van der Waals surface area contributed by atoms with Crippen molar-refractivity contribution in [1.29, 1.82) is 0 Å². The topological polar surface area (TPSA) is 74.2 Å². The third kappa shape index (κ3) is 5.36. The molecule has 0 radical (unpaired) electrons. The molecule has 6 nitrogen and oxygen atoms in total. The molecule has 0 aromatic heterocycles. The summed E-state index contributed by atoms with van der Waals surface area (Å²) in [5.74, 6) is 1.98. The molecule has 32 heavy (non-hydrogen) atoms. The number of ether oxygens (including phenoxy) is 4. The summed E-state index contributed by atoms with van der Waals surface area (Å²) in [5, 5.41) is 10.7. The van der Waals surface area contributed by atoms with Crippen LogP contribution >= 0.6 is 0 Å². The summed E-state index contributed by atoms with van der Waals surface area (Å²) < 4.78 is 23.5. The number of benzene rings is 2. The van der Waals surface area contributed by atoms with Crippen LogP contribution in [-0.4, -0.2) is 24.8 Å². The molecule has 3 rings (SSSR count). The van der Waals surface area contributed by atoms with Gasteiger partial charge < -0.3 is 24.1 Å². The van der Waals surface area contributed by atoms with Crippen molar-refractivity contribution in [2.24, 2.45) is 11.8 Å². The van der Waals surface area contributed by atoms with E-state index in [4.69, 9.17) is 18.9 Å². The Labute approximate surface area is 190 Å².